The zero-order valence-electron chi connectivity index (χ0n) is 8.37. The van der Waals surface area contributed by atoms with E-state index in [0.29, 0.717) is 10.9 Å². The van der Waals surface area contributed by atoms with Crippen LogP contribution in [0.3, 0.4) is 0 Å². The minimum atomic E-state index is -0.552. The minimum absolute atomic E-state index is 0.292. The molecule has 1 aromatic carbocycles. The van der Waals surface area contributed by atoms with Crippen LogP contribution in [0, 0.1) is 6.92 Å². The third kappa shape index (κ3) is 1.74. The van der Waals surface area contributed by atoms with Gasteiger partial charge in [-0.1, -0.05) is 15.9 Å². The van der Waals surface area contributed by atoms with Crippen LogP contribution in [0.1, 0.15) is 5.56 Å². The number of hydrogen-bond acceptors (Lipinski definition) is 3. The van der Waals surface area contributed by atoms with E-state index < -0.39 is 16.7 Å². The fourth-order valence-corrected chi connectivity index (χ4v) is 1.81. The Morgan fingerprint density at radius 2 is 1.94 bits per heavy atom. The van der Waals surface area contributed by atoms with Crippen LogP contribution in [0.25, 0.3) is 10.9 Å². The number of halogens is 1. The summed E-state index contributed by atoms with van der Waals surface area (Å²) < 4.78 is 0.792. The number of aryl methyl sites for hydroxylation is 1. The second-order valence-corrected chi connectivity index (χ2v) is 4.35. The predicted molar refractivity (Wildman–Crippen MR) is 64.9 cm³/mol. The normalized spacial score (nSPS) is 10.6. The van der Waals surface area contributed by atoms with Crippen LogP contribution in [0.2, 0.25) is 0 Å². The monoisotopic (exact) mass is 281 g/mol. The number of hydrogen-bond donors (Lipinski definition) is 2. The molecule has 0 radical (unpaired) electrons. The quantitative estimate of drug-likeness (QED) is 0.772. The van der Waals surface area contributed by atoms with Crippen LogP contribution in [-0.2, 0) is 0 Å². The summed E-state index contributed by atoms with van der Waals surface area (Å²) in [5, 5.41) is 9.67. The van der Waals surface area contributed by atoms with Gasteiger partial charge in [-0.2, -0.15) is 0 Å². The van der Waals surface area contributed by atoms with E-state index in [4.69, 9.17) is 0 Å². The molecule has 0 unspecified atom stereocenters. The Morgan fingerprint density at radius 3 is 2.62 bits per heavy atom. The summed E-state index contributed by atoms with van der Waals surface area (Å²) in [6, 6.07) is 4.15. The average Bonchev–Trinajstić information content (AvgIpc) is 2.29. The summed E-state index contributed by atoms with van der Waals surface area (Å²) in [6.07, 6.45) is 0. The molecule has 16 heavy (non-hydrogen) atoms. The van der Waals surface area contributed by atoms with Gasteiger partial charge in [-0.3, -0.25) is 9.59 Å². The van der Waals surface area contributed by atoms with Gasteiger partial charge in [0.2, 0.25) is 5.43 Å². The lowest BCUT2D eigenvalue weighted by Crippen LogP contribution is -1.98. The van der Waals surface area contributed by atoms with Crippen molar-refractivity contribution < 1.29 is 5.11 Å². The molecule has 0 bridgehead atoms. The maximum atomic E-state index is 11.7. The van der Waals surface area contributed by atoms with Crippen LogP contribution in [-0.4, -0.2) is 10.1 Å². The fourth-order valence-electron chi connectivity index (χ4n) is 1.47. The highest BCUT2D eigenvalue weighted by Crippen LogP contribution is 2.20. The van der Waals surface area contributed by atoms with Crippen molar-refractivity contribution >= 4 is 26.8 Å². The zero-order chi connectivity index (χ0) is 11.9. The van der Waals surface area contributed by atoms with E-state index in [0.717, 1.165) is 16.1 Å². The van der Waals surface area contributed by atoms with Crippen molar-refractivity contribution in [3.63, 3.8) is 0 Å². The number of H-pyrrole nitrogens is 1. The van der Waals surface area contributed by atoms with Crippen molar-refractivity contribution in [1.29, 1.82) is 0 Å². The summed E-state index contributed by atoms with van der Waals surface area (Å²) in [6.45, 7) is 1.82. The molecule has 1 heterocycles. The molecule has 0 fully saturated rings. The van der Waals surface area contributed by atoms with Gasteiger partial charge >= 0.3 is 0 Å². The first-order valence-electron chi connectivity index (χ1n) is 4.55. The van der Waals surface area contributed by atoms with Crippen molar-refractivity contribution in [3.8, 4) is 5.75 Å². The van der Waals surface area contributed by atoms with Gasteiger partial charge in [-0.25, -0.2) is 0 Å². The molecule has 0 atom stereocenters. The fraction of sp³-hybridized carbons (Fsp3) is 0.0909. The second kappa shape index (κ2) is 3.75. The van der Waals surface area contributed by atoms with Gasteiger partial charge in [0.25, 0.3) is 5.56 Å². The van der Waals surface area contributed by atoms with Gasteiger partial charge in [0.05, 0.1) is 5.52 Å². The third-order valence-corrected chi connectivity index (χ3v) is 3.16. The Kier molecular flexibility index (Phi) is 2.55. The van der Waals surface area contributed by atoms with E-state index in [1.807, 2.05) is 6.92 Å². The SMILES string of the molecule is Cc1cc2c(=O)c(O)cc(=O)[nH]c2cc1Br. The molecule has 0 aliphatic rings. The topological polar surface area (TPSA) is 70.2 Å². The van der Waals surface area contributed by atoms with E-state index in [1.165, 1.54) is 0 Å². The number of fused-ring (bicyclic) bond motifs is 1. The van der Waals surface area contributed by atoms with Gasteiger partial charge in [-0.15, -0.1) is 0 Å². The Labute approximate surface area is 98.7 Å². The number of aromatic amines is 1. The highest BCUT2D eigenvalue weighted by molar-refractivity contribution is 9.10. The first kappa shape index (κ1) is 10.9. The van der Waals surface area contributed by atoms with Gasteiger partial charge in [0.1, 0.15) is 0 Å². The van der Waals surface area contributed by atoms with Gasteiger partial charge < -0.3 is 10.1 Å². The predicted octanol–water partition coefficient (Wildman–Crippen LogP) is 1.66. The first-order valence-corrected chi connectivity index (χ1v) is 5.35. The summed E-state index contributed by atoms with van der Waals surface area (Å²) in [4.78, 5) is 25.5. The number of nitrogens with one attached hydrogen (secondary N) is 1. The molecule has 0 saturated heterocycles. The van der Waals surface area contributed by atoms with E-state index >= 15 is 0 Å². The summed E-state index contributed by atoms with van der Waals surface area (Å²) in [5.41, 5.74) is 0.188. The molecule has 4 nitrogen and oxygen atoms in total. The largest absolute Gasteiger partial charge is 0.504 e. The molecule has 1 aromatic heterocycles. The van der Waals surface area contributed by atoms with Gasteiger partial charge in [0.15, 0.2) is 5.75 Å². The molecule has 2 aromatic rings. The molecule has 82 valence electrons. The number of rotatable bonds is 0. The summed E-state index contributed by atoms with van der Waals surface area (Å²) in [7, 11) is 0. The number of aromatic hydroxyl groups is 1. The molecule has 0 amide bonds. The van der Waals surface area contributed by atoms with E-state index in [-0.39, 0.29) is 0 Å². The van der Waals surface area contributed by atoms with Gasteiger partial charge in [-0.05, 0) is 24.6 Å². The Balaban J connectivity index is 3.13. The minimum Gasteiger partial charge on any atom is -0.504 e. The maximum absolute atomic E-state index is 11.7. The van der Waals surface area contributed by atoms with Crippen LogP contribution in [0.4, 0.5) is 0 Å². The summed E-state index contributed by atoms with van der Waals surface area (Å²) >= 11 is 3.31. The van der Waals surface area contributed by atoms with E-state index in [1.54, 1.807) is 12.1 Å². The highest BCUT2D eigenvalue weighted by Gasteiger charge is 2.05. The lowest BCUT2D eigenvalue weighted by molar-refractivity contribution is 0.471. The van der Waals surface area contributed by atoms with Crippen molar-refractivity contribution in [3.05, 3.63) is 48.8 Å². The molecular formula is C11H8BrNO3. The third-order valence-electron chi connectivity index (χ3n) is 2.30. The summed E-state index contributed by atoms with van der Waals surface area (Å²) in [5.74, 6) is -0.544. The van der Waals surface area contributed by atoms with Crippen LogP contribution in [0.5, 0.6) is 5.75 Å². The Bertz CT molecular complexity index is 691. The first-order chi connectivity index (χ1) is 7.49. The molecule has 0 aliphatic carbocycles. The lowest BCUT2D eigenvalue weighted by atomic mass is 10.1. The molecule has 5 heteroatoms. The molecular weight excluding hydrogens is 274 g/mol. The highest BCUT2D eigenvalue weighted by atomic mass is 79.9. The molecule has 0 spiro atoms. The smallest absolute Gasteiger partial charge is 0.252 e. The number of benzene rings is 1. The Hall–Kier alpha value is -1.62. The van der Waals surface area contributed by atoms with Crippen LogP contribution < -0.4 is 11.0 Å². The maximum Gasteiger partial charge on any atom is 0.252 e. The molecule has 0 saturated carbocycles. The Morgan fingerprint density at radius 1 is 1.25 bits per heavy atom. The molecule has 2 rings (SSSR count). The standard InChI is InChI=1S/C11H8BrNO3/c1-5-2-6-8(3-7(5)12)13-10(15)4-9(14)11(6)16/h2-4H,1H3,(H,13,15)(H,14,16). The van der Waals surface area contributed by atoms with Crippen LogP contribution >= 0.6 is 15.9 Å². The lowest BCUT2D eigenvalue weighted by Gasteiger charge is -1.98. The van der Waals surface area contributed by atoms with Crippen molar-refractivity contribution in [2.45, 2.75) is 6.92 Å². The average molecular weight is 282 g/mol. The molecule has 0 aliphatic heterocycles. The number of aromatic nitrogens is 1. The van der Waals surface area contributed by atoms with E-state index in [2.05, 4.69) is 20.9 Å². The second-order valence-electron chi connectivity index (χ2n) is 3.49. The van der Waals surface area contributed by atoms with Gasteiger partial charge in [0, 0.05) is 15.9 Å². The van der Waals surface area contributed by atoms with Crippen molar-refractivity contribution in [2.24, 2.45) is 0 Å². The van der Waals surface area contributed by atoms with Crippen molar-refractivity contribution in [1.82, 2.24) is 4.98 Å². The van der Waals surface area contributed by atoms with Crippen LogP contribution in [0.15, 0.2) is 32.3 Å². The molecule has 2 N–H and O–H groups in total. The zero-order valence-corrected chi connectivity index (χ0v) is 9.96. The van der Waals surface area contributed by atoms with Crippen molar-refractivity contribution in [2.75, 3.05) is 0 Å². The van der Waals surface area contributed by atoms with E-state index in [9.17, 15) is 14.7 Å².